The SMILES string of the molecule is COC(=O)C1CCCCN1S(=O)(=O)c1c(C)c(C)cc(C)c1C. The Bertz CT molecular complexity index is 698. The molecule has 1 aliphatic heterocycles. The van der Waals surface area contributed by atoms with Crippen molar-refractivity contribution in [3.8, 4) is 0 Å². The standard InChI is InChI=1S/C17H25NO4S/c1-11-10-12(2)14(4)16(13(11)3)23(20,21)18-9-7-6-8-15(18)17(19)22-5/h10,15H,6-9H2,1-5H3. The van der Waals surface area contributed by atoms with Crippen molar-refractivity contribution >= 4 is 16.0 Å². The van der Waals surface area contributed by atoms with Crippen LogP contribution in [0.15, 0.2) is 11.0 Å². The van der Waals surface area contributed by atoms with Gasteiger partial charge in [-0.2, -0.15) is 4.31 Å². The molecule has 2 rings (SSSR count). The molecule has 0 bridgehead atoms. The Morgan fingerprint density at radius 3 is 2.22 bits per heavy atom. The van der Waals surface area contributed by atoms with Crippen LogP contribution in [-0.2, 0) is 19.6 Å². The summed E-state index contributed by atoms with van der Waals surface area (Å²) in [7, 11) is -2.44. The maximum atomic E-state index is 13.3. The Labute approximate surface area is 138 Å². The molecule has 1 aliphatic rings. The molecule has 0 amide bonds. The fourth-order valence-corrected chi connectivity index (χ4v) is 5.48. The van der Waals surface area contributed by atoms with Crippen molar-refractivity contribution in [1.82, 2.24) is 4.31 Å². The third kappa shape index (κ3) is 3.15. The largest absolute Gasteiger partial charge is 0.468 e. The molecule has 0 radical (unpaired) electrons. The fourth-order valence-electron chi connectivity index (χ4n) is 3.25. The van der Waals surface area contributed by atoms with Crippen LogP contribution in [0.1, 0.15) is 41.5 Å². The maximum absolute atomic E-state index is 13.3. The van der Waals surface area contributed by atoms with Gasteiger partial charge in [0.25, 0.3) is 0 Å². The van der Waals surface area contributed by atoms with Gasteiger partial charge in [0.05, 0.1) is 12.0 Å². The summed E-state index contributed by atoms with van der Waals surface area (Å²) in [4.78, 5) is 12.4. The van der Waals surface area contributed by atoms with Gasteiger partial charge in [-0.25, -0.2) is 8.42 Å². The second-order valence-corrected chi connectivity index (χ2v) is 8.07. The molecule has 1 unspecified atom stereocenters. The van der Waals surface area contributed by atoms with Crippen LogP contribution in [0.4, 0.5) is 0 Å². The average Bonchev–Trinajstić information content (AvgIpc) is 2.52. The Hall–Kier alpha value is -1.40. The van der Waals surface area contributed by atoms with Gasteiger partial charge < -0.3 is 4.74 Å². The summed E-state index contributed by atoms with van der Waals surface area (Å²) >= 11 is 0. The molecule has 1 heterocycles. The van der Waals surface area contributed by atoms with E-state index in [1.54, 1.807) is 0 Å². The minimum absolute atomic E-state index is 0.339. The van der Waals surface area contributed by atoms with Gasteiger partial charge >= 0.3 is 5.97 Å². The first-order valence-electron chi connectivity index (χ1n) is 7.89. The van der Waals surface area contributed by atoms with Gasteiger partial charge in [0, 0.05) is 6.54 Å². The predicted octanol–water partition coefficient (Wildman–Crippen LogP) is 2.64. The number of hydrogen-bond acceptors (Lipinski definition) is 4. The molecule has 5 nitrogen and oxygen atoms in total. The molecule has 0 aliphatic carbocycles. The molecular formula is C17H25NO4S. The number of ether oxygens (including phenoxy) is 1. The molecule has 0 spiro atoms. The van der Waals surface area contributed by atoms with Crippen molar-refractivity contribution < 1.29 is 17.9 Å². The third-order valence-corrected chi connectivity index (χ3v) is 6.97. The van der Waals surface area contributed by atoms with Crippen molar-refractivity contribution in [2.45, 2.75) is 57.9 Å². The lowest BCUT2D eigenvalue weighted by Crippen LogP contribution is -2.48. The predicted molar refractivity (Wildman–Crippen MR) is 88.9 cm³/mol. The zero-order valence-electron chi connectivity index (χ0n) is 14.5. The van der Waals surface area contributed by atoms with Crippen LogP contribution in [0.2, 0.25) is 0 Å². The first-order valence-corrected chi connectivity index (χ1v) is 9.33. The highest BCUT2D eigenvalue weighted by atomic mass is 32.2. The van der Waals surface area contributed by atoms with Gasteiger partial charge in [0.2, 0.25) is 10.0 Å². The van der Waals surface area contributed by atoms with E-state index in [9.17, 15) is 13.2 Å². The van der Waals surface area contributed by atoms with Crippen LogP contribution < -0.4 is 0 Å². The molecule has 0 N–H and O–H groups in total. The highest BCUT2D eigenvalue weighted by Gasteiger charge is 2.39. The molecule has 1 aromatic carbocycles. The summed E-state index contributed by atoms with van der Waals surface area (Å²) in [5.41, 5.74) is 3.39. The first kappa shape index (κ1) is 17.9. The van der Waals surface area contributed by atoms with E-state index in [-0.39, 0.29) is 0 Å². The molecule has 1 aromatic rings. The molecule has 1 saturated heterocycles. The minimum atomic E-state index is -3.74. The van der Waals surface area contributed by atoms with E-state index < -0.39 is 22.0 Å². The van der Waals surface area contributed by atoms with Gasteiger partial charge in [0.1, 0.15) is 6.04 Å². The summed E-state index contributed by atoms with van der Waals surface area (Å²) < 4.78 is 32.7. The highest BCUT2D eigenvalue weighted by Crippen LogP contribution is 2.32. The minimum Gasteiger partial charge on any atom is -0.468 e. The number of nitrogens with zero attached hydrogens (tertiary/aromatic N) is 1. The quantitative estimate of drug-likeness (QED) is 0.794. The Balaban J connectivity index is 2.60. The summed E-state index contributed by atoms with van der Waals surface area (Å²) in [5.74, 6) is -0.479. The van der Waals surface area contributed by atoms with Gasteiger partial charge in [-0.15, -0.1) is 0 Å². The van der Waals surface area contributed by atoms with E-state index >= 15 is 0 Å². The van der Waals surface area contributed by atoms with Crippen LogP contribution in [0.5, 0.6) is 0 Å². The average molecular weight is 339 g/mol. The van der Waals surface area contributed by atoms with Crippen molar-refractivity contribution in [1.29, 1.82) is 0 Å². The number of rotatable bonds is 3. The summed E-state index contributed by atoms with van der Waals surface area (Å²) in [6, 6.07) is 1.27. The zero-order chi connectivity index (χ0) is 17.4. The van der Waals surface area contributed by atoms with E-state index in [0.717, 1.165) is 35.1 Å². The Kier molecular flexibility index (Phi) is 5.16. The lowest BCUT2D eigenvalue weighted by atomic mass is 10.0. The van der Waals surface area contributed by atoms with Crippen LogP contribution in [-0.4, -0.2) is 38.4 Å². The van der Waals surface area contributed by atoms with E-state index in [1.807, 2.05) is 33.8 Å². The lowest BCUT2D eigenvalue weighted by molar-refractivity contribution is -0.146. The number of carbonyl (C=O) groups is 1. The fraction of sp³-hybridized carbons (Fsp3) is 0.588. The van der Waals surface area contributed by atoms with Crippen molar-refractivity contribution in [2.24, 2.45) is 0 Å². The highest BCUT2D eigenvalue weighted by molar-refractivity contribution is 7.89. The second-order valence-electron chi connectivity index (χ2n) is 6.24. The molecule has 1 fully saturated rings. The molecule has 1 atom stereocenters. The van der Waals surface area contributed by atoms with Gasteiger partial charge in [-0.05, 0) is 69.2 Å². The third-order valence-electron chi connectivity index (χ3n) is 4.79. The summed E-state index contributed by atoms with van der Waals surface area (Å²) in [6.07, 6.45) is 2.10. The maximum Gasteiger partial charge on any atom is 0.324 e. The number of methoxy groups -OCH3 is 1. The van der Waals surface area contributed by atoms with Crippen LogP contribution >= 0.6 is 0 Å². The number of piperidine rings is 1. The number of aryl methyl sites for hydroxylation is 2. The number of hydrogen-bond donors (Lipinski definition) is 0. The molecule has 6 heteroatoms. The second kappa shape index (κ2) is 6.61. The smallest absolute Gasteiger partial charge is 0.324 e. The molecule has 0 aromatic heterocycles. The topological polar surface area (TPSA) is 63.7 Å². The number of sulfonamides is 1. The van der Waals surface area contributed by atoms with Crippen molar-refractivity contribution in [3.05, 3.63) is 28.3 Å². The van der Waals surface area contributed by atoms with Gasteiger partial charge in [-0.3, -0.25) is 4.79 Å². The van der Waals surface area contributed by atoms with E-state index in [0.29, 0.717) is 17.9 Å². The zero-order valence-corrected chi connectivity index (χ0v) is 15.3. The van der Waals surface area contributed by atoms with Gasteiger partial charge in [-0.1, -0.05) is 6.07 Å². The number of esters is 1. The summed E-state index contributed by atoms with van der Waals surface area (Å²) in [6.45, 7) is 7.83. The van der Waals surface area contributed by atoms with E-state index in [1.165, 1.54) is 11.4 Å². The van der Waals surface area contributed by atoms with Gasteiger partial charge in [0.15, 0.2) is 0 Å². The lowest BCUT2D eigenvalue weighted by Gasteiger charge is -2.33. The molecule has 128 valence electrons. The molecule has 23 heavy (non-hydrogen) atoms. The number of carbonyl (C=O) groups excluding carboxylic acids is 1. The van der Waals surface area contributed by atoms with Crippen molar-refractivity contribution in [2.75, 3.05) is 13.7 Å². The van der Waals surface area contributed by atoms with E-state index in [4.69, 9.17) is 4.74 Å². The first-order chi connectivity index (χ1) is 10.7. The number of benzene rings is 1. The Morgan fingerprint density at radius 1 is 1.13 bits per heavy atom. The van der Waals surface area contributed by atoms with Crippen LogP contribution in [0.3, 0.4) is 0 Å². The van der Waals surface area contributed by atoms with E-state index in [2.05, 4.69) is 0 Å². The normalized spacial score (nSPS) is 19.6. The van der Waals surface area contributed by atoms with Crippen LogP contribution in [0.25, 0.3) is 0 Å². The monoisotopic (exact) mass is 339 g/mol. The Morgan fingerprint density at radius 2 is 1.70 bits per heavy atom. The van der Waals surface area contributed by atoms with Crippen molar-refractivity contribution in [3.63, 3.8) is 0 Å². The molecule has 0 saturated carbocycles. The summed E-state index contributed by atoms with van der Waals surface area (Å²) in [5, 5.41) is 0. The van der Waals surface area contributed by atoms with Crippen LogP contribution in [0, 0.1) is 27.7 Å². The molecular weight excluding hydrogens is 314 g/mol.